The van der Waals surface area contributed by atoms with E-state index in [4.69, 9.17) is 11.6 Å². The maximum Gasteiger partial charge on any atom is 0.252 e. The van der Waals surface area contributed by atoms with Gasteiger partial charge in [-0.25, -0.2) is 8.42 Å². The lowest BCUT2D eigenvalue weighted by molar-refractivity contribution is 0.391. The van der Waals surface area contributed by atoms with Crippen molar-refractivity contribution >= 4 is 33.0 Å². The summed E-state index contributed by atoms with van der Waals surface area (Å²) in [7, 11) is -3.46. The Morgan fingerprint density at radius 2 is 2.12 bits per heavy atom. The Bertz CT molecular complexity index is 981. The van der Waals surface area contributed by atoms with Crippen molar-refractivity contribution in [2.75, 3.05) is 6.54 Å². The van der Waals surface area contributed by atoms with Gasteiger partial charge in [-0.3, -0.25) is 5.10 Å². The predicted molar refractivity (Wildman–Crippen MR) is 94.7 cm³/mol. The molecule has 1 aromatic carbocycles. The van der Waals surface area contributed by atoms with Crippen LogP contribution in [-0.4, -0.2) is 29.5 Å². The number of nitrogens with zero attached hydrogens (tertiary/aromatic N) is 2. The zero-order chi connectivity index (χ0) is 16.7. The molecule has 1 aliphatic rings. The minimum Gasteiger partial charge on any atom is -0.282 e. The second-order valence-electron chi connectivity index (χ2n) is 5.56. The number of sulfonamides is 1. The van der Waals surface area contributed by atoms with Gasteiger partial charge in [0.15, 0.2) is 0 Å². The Morgan fingerprint density at radius 3 is 2.88 bits per heavy atom. The van der Waals surface area contributed by atoms with E-state index in [0.29, 0.717) is 28.7 Å². The summed E-state index contributed by atoms with van der Waals surface area (Å²) in [5, 5.41) is 9.83. The molecule has 8 heteroatoms. The van der Waals surface area contributed by atoms with Gasteiger partial charge >= 0.3 is 0 Å². The van der Waals surface area contributed by atoms with Gasteiger partial charge < -0.3 is 0 Å². The van der Waals surface area contributed by atoms with Crippen LogP contribution in [0.15, 0.2) is 46.0 Å². The summed E-state index contributed by atoms with van der Waals surface area (Å²) < 4.78 is 27.4. The Morgan fingerprint density at radius 1 is 1.25 bits per heavy atom. The summed E-state index contributed by atoms with van der Waals surface area (Å²) in [5.41, 5.74) is 3.56. The highest BCUT2D eigenvalue weighted by atomic mass is 35.5. The van der Waals surface area contributed by atoms with Crippen molar-refractivity contribution in [3.8, 4) is 11.3 Å². The van der Waals surface area contributed by atoms with E-state index in [9.17, 15) is 8.42 Å². The van der Waals surface area contributed by atoms with Crippen molar-refractivity contribution in [3.05, 3.63) is 58.1 Å². The molecule has 1 N–H and O–H groups in total. The second kappa shape index (κ2) is 6.00. The molecule has 24 heavy (non-hydrogen) atoms. The third-order valence-electron chi connectivity index (χ3n) is 4.09. The topological polar surface area (TPSA) is 66.1 Å². The standard InChI is InChI=1S/C16H14ClN3O2S2/c17-12-4-1-3-11(9-12)16-13-10-20(7-6-14(13)18-19-16)24(21,22)15-5-2-8-23-15/h1-5,8-9H,6-7,10H2,(H,18,19). The van der Waals surface area contributed by atoms with Gasteiger partial charge in [0.2, 0.25) is 0 Å². The molecule has 0 saturated carbocycles. The van der Waals surface area contributed by atoms with Gasteiger partial charge in [-0.15, -0.1) is 11.3 Å². The van der Waals surface area contributed by atoms with Crippen LogP contribution in [0.4, 0.5) is 0 Å². The lowest BCUT2D eigenvalue weighted by Crippen LogP contribution is -2.35. The number of nitrogens with one attached hydrogen (secondary N) is 1. The van der Waals surface area contributed by atoms with E-state index >= 15 is 0 Å². The second-order valence-corrected chi connectivity index (χ2v) is 9.11. The molecule has 0 fully saturated rings. The Hall–Kier alpha value is -1.67. The van der Waals surface area contributed by atoms with E-state index < -0.39 is 10.0 Å². The number of aromatic nitrogens is 2. The van der Waals surface area contributed by atoms with Crippen LogP contribution < -0.4 is 0 Å². The molecule has 0 atom stereocenters. The molecule has 3 heterocycles. The van der Waals surface area contributed by atoms with Gasteiger partial charge in [0.1, 0.15) is 4.21 Å². The number of aromatic amines is 1. The lowest BCUT2D eigenvalue weighted by Gasteiger charge is -2.25. The van der Waals surface area contributed by atoms with Crippen molar-refractivity contribution < 1.29 is 8.42 Å². The van der Waals surface area contributed by atoms with Crippen LogP contribution >= 0.6 is 22.9 Å². The van der Waals surface area contributed by atoms with E-state index in [2.05, 4.69) is 10.2 Å². The fourth-order valence-corrected chi connectivity index (χ4v) is 5.63. The highest BCUT2D eigenvalue weighted by Gasteiger charge is 2.31. The highest BCUT2D eigenvalue weighted by Crippen LogP contribution is 2.32. The van der Waals surface area contributed by atoms with Crippen LogP contribution in [0.5, 0.6) is 0 Å². The molecule has 124 valence electrons. The maximum absolute atomic E-state index is 12.8. The third kappa shape index (κ3) is 2.67. The average molecular weight is 380 g/mol. The summed E-state index contributed by atoms with van der Waals surface area (Å²) in [5.74, 6) is 0. The fraction of sp³-hybridized carbons (Fsp3) is 0.188. The molecule has 2 aromatic heterocycles. The largest absolute Gasteiger partial charge is 0.282 e. The van der Waals surface area contributed by atoms with E-state index in [1.807, 2.05) is 18.2 Å². The summed E-state index contributed by atoms with van der Waals surface area (Å²) in [6, 6.07) is 10.8. The zero-order valence-electron chi connectivity index (χ0n) is 12.6. The van der Waals surface area contributed by atoms with Crippen molar-refractivity contribution in [2.24, 2.45) is 0 Å². The van der Waals surface area contributed by atoms with E-state index in [0.717, 1.165) is 22.5 Å². The summed E-state index contributed by atoms with van der Waals surface area (Å²) >= 11 is 7.31. The van der Waals surface area contributed by atoms with Crippen LogP contribution in [0.25, 0.3) is 11.3 Å². The molecular formula is C16H14ClN3O2S2. The summed E-state index contributed by atoms with van der Waals surface area (Å²) in [6.45, 7) is 0.762. The molecule has 0 unspecified atom stereocenters. The van der Waals surface area contributed by atoms with Crippen molar-refractivity contribution in [2.45, 2.75) is 17.2 Å². The van der Waals surface area contributed by atoms with Crippen molar-refractivity contribution in [1.29, 1.82) is 0 Å². The first kappa shape index (κ1) is 15.8. The fourth-order valence-electron chi connectivity index (χ4n) is 2.89. The molecular weight excluding hydrogens is 366 g/mol. The minimum absolute atomic E-state index is 0.313. The first-order valence-electron chi connectivity index (χ1n) is 7.41. The molecule has 3 aromatic rings. The van der Waals surface area contributed by atoms with Gasteiger partial charge in [0.25, 0.3) is 10.0 Å². The Labute approximate surface area is 148 Å². The zero-order valence-corrected chi connectivity index (χ0v) is 15.0. The van der Waals surface area contributed by atoms with Crippen LogP contribution in [0.1, 0.15) is 11.3 Å². The Balaban J connectivity index is 1.72. The summed E-state index contributed by atoms with van der Waals surface area (Å²) in [6.07, 6.45) is 0.619. The number of hydrogen-bond donors (Lipinski definition) is 1. The predicted octanol–water partition coefficient (Wildman–Crippen LogP) is 3.54. The molecule has 0 aliphatic carbocycles. The monoisotopic (exact) mass is 379 g/mol. The molecule has 0 saturated heterocycles. The number of H-pyrrole nitrogens is 1. The molecule has 0 amide bonds. The van der Waals surface area contributed by atoms with Gasteiger partial charge in [-0.2, -0.15) is 9.40 Å². The molecule has 0 radical (unpaired) electrons. The number of halogens is 1. The molecule has 0 spiro atoms. The van der Waals surface area contributed by atoms with Crippen LogP contribution in [0.3, 0.4) is 0 Å². The van der Waals surface area contributed by atoms with E-state index in [1.165, 1.54) is 15.6 Å². The van der Waals surface area contributed by atoms with Crippen LogP contribution in [-0.2, 0) is 23.0 Å². The SMILES string of the molecule is O=S(=O)(c1cccs1)N1CCc2[nH]nc(-c3cccc(Cl)c3)c2C1. The number of thiophene rings is 1. The molecule has 4 rings (SSSR count). The van der Waals surface area contributed by atoms with Crippen LogP contribution in [0.2, 0.25) is 5.02 Å². The number of fused-ring (bicyclic) bond motifs is 1. The highest BCUT2D eigenvalue weighted by molar-refractivity contribution is 7.91. The van der Waals surface area contributed by atoms with Gasteiger partial charge in [0.05, 0.1) is 5.69 Å². The van der Waals surface area contributed by atoms with E-state index in [-0.39, 0.29) is 0 Å². The molecule has 1 aliphatic heterocycles. The van der Waals surface area contributed by atoms with E-state index in [1.54, 1.807) is 23.6 Å². The average Bonchev–Trinajstić information content (AvgIpc) is 3.24. The first-order chi connectivity index (χ1) is 11.6. The maximum atomic E-state index is 12.8. The lowest BCUT2D eigenvalue weighted by atomic mass is 10.0. The van der Waals surface area contributed by atoms with Crippen molar-refractivity contribution in [1.82, 2.24) is 14.5 Å². The van der Waals surface area contributed by atoms with Gasteiger partial charge in [-0.05, 0) is 23.6 Å². The summed E-state index contributed by atoms with van der Waals surface area (Å²) in [4.78, 5) is 0. The van der Waals surface area contributed by atoms with Crippen molar-refractivity contribution in [3.63, 3.8) is 0 Å². The third-order valence-corrected chi connectivity index (χ3v) is 7.54. The normalized spacial score (nSPS) is 15.4. The van der Waals surface area contributed by atoms with Gasteiger partial charge in [0, 0.05) is 41.4 Å². The molecule has 0 bridgehead atoms. The Kier molecular flexibility index (Phi) is 3.96. The minimum atomic E-state index is -3.46. The number of benzene rings is 1. The number of rotatable bonds is 3. The van der Waals surface area contributed by atoms with Crippen LogP contribution in [0, 0.1) is 0 Å². The molecule has 5 nitrogen and oxygen atoms in total. The smallest absolute Gasteiger partial charge is 0.252 e. The quantitative estimate of drug-likeness (QED) is 0.756. The van der Waals surface area contributed by atoms with Gasteiger partial charge in [-0.1, -0.05) is 29.8 Å². The first-order valence-corrected chi connectivity index (χ1v) is 10.1. The number of hydrogen-bond acceptors (Lipinski definition) is 4.